The van der Waals surface area contributed by atoms with E-state index in [1.165, 1.54) is 6.07 Å². The van der Waals surface area contributed by atoms with Gasteiger partial charge in [0.1, 0.15) is 5.82 Å². The fourth-order valence-electron chi connectivity index (χ4n) is 2.35. The second kappa shape index (κ2) is 6.66. The van der Waals surface area contributed by atoms with Gasteiger partial charge in [0.15, 0.2) is 0 Å². The Hall–Kier alpha value is -1.68. The van der Waals surface area contributed by atoms with Crippen LogP contribution in [0.4, 0.5) is 4.39 Å². The fourth-order valence-corrected chi connectivity index (χ4v) is 2.35. The molecular weight excluding hydrogens is 253 g/mol. The van der Waals surface area contributed by atoms with Crippen LogP contribution in [-0.2, 0) is 13.5 Å². The predicted molar refractivity (Wildman–Crippen MR) is 79.1 cm³/mol. The molecule has 1 aromatic carbocycles. The van der Waals surface area contributed by atoms with Crippen LogP contribution in [0.3, 0.4) is 0 Å². The van der Waals surface area contributed by atoms with Gasteiger partial charge in [0, 0.05) is 24.3 Å². The first-order chi connectivity index (χ1) is 9.63. The zero-order valence-electron chi connectivity index (χ0n) is 12.4. The highest BCUT2D eigenvalue weighted by atomic mass is 19.1. The van der Waals surface area contributed by atoms with E-state index in [9.17, 15) is 4.39 Å². The second-order valence-electron chi connectivity index (χ2n) is 5.11. The Labute approximate surface area is 119 Å². The molecule has 1 aromatic heterocycles. The number of hydrogen-bond acceptors (Lipinski definition) is 2. The minimum atomic E-state index is -0.141. The van der Waals surface area contributed by atoms with E-state index in [-0.39, 0.29) is 11.9 Å². The summed E-state index contributed by atoms with van der Waals surface area (Å²) in [7, 11) is 1.93. The Bertz CT molecular complexity index is 563. The summed E-state index contributed by atoms with van der Waals surface area (Å²) in [5.74, 6) is -0.141. The summed E-state index contributed by atoms with van der Waals surface area (Å²) in [5, 5.41) is 7.79. The Morgan fingerprint density at radius 3 is 2.70 bits per heavy atom. The van der Waals surface area contributed by atoms with Gasteiger partial charge in [-0.05, 0) is 37.9 Å². The summed E-state index contributed by atoms with van der Waals surface area (Å²) >= 11 is 0. The van der Waals surface area contributed by atoms with Gasteiger partial charge in [-0.15, -0.1) is 0 Å². The summed E-state index contributed by atoms with van der Waals surface area (Å²) in [4.78, 5) is 0. The molecule has 3 nitrogen and oxygen atoms in total. The summed E-state index contributed by atoms with van der Waals surface area (Å²) in [6.45, 7) is 5.08. The van der Waals surface area contributed by atoms with E-state index in [1.807, 2.05) is 37.0 Å². The van der Waals surface area contributed by atoms with Crippen LogP contribution >= 0.6 is 0 Å². The Balaban J connectivity index is 2.24. The maximum absolute atomic E-state index is 13.8. The van der Waals surface area contributed by atoms with Crippen LogP contribution in [0.15, 0.2) is 30.5 Å². The highest BCUT2D eigenvalue weighted by Crippen LogP contribution is 2.22. The zero-order valence-corrected chi connectivity index (χ0v) is 12.4. The predicted octanol–water partition coefficient (Wildman–Crippen LogP) is 3.15. The lowest BCUT2D eigenvalue weighted by Gasteiger charge is -2.19. The Morgan fingerprint density at radius 2 is 2.10 bits per heavy atom. The molecule has 1 heterocycles. The normalized spacial score (nSPS) is 12.6. The summed E-state index contributed by atoms with van der Waals surface area (Å²) in [5.41, 5.74) is 3.00. The molecule has 0 fully saturated rings. The number of hydrogen-bond donors (Lipinski definition) is 1. The SMILES string of the molecule is CCCNC(Cc1ccccc1F)c1cnn(C)c1C. The number of halogens is 1. The van der Waals surface area contributed by atoms with Crippen molar-refractivity contribution in [1.29, 1.82) is 0 Å². The van der Waals surface area contributed by atoms with E-state index in [2.05, 4.69) is 17.3 Å². The lowest BCUT2D eigenvalue weighted by molar-refractivity contribution is 0.510. The lowest BCUT2D eigenvalue weighted by Crippen LogP contribution is -2.25. The minimum Gasteiger partial charge on any atom is -0.310 e. The van der Waals surface area contributed by atoms with Crippen LogP contribution in [0.1, 0.15) is 36.2 Å². The third-order valence-electron chi connectivity index (χ3n) is 3.67. The van der Waals surface area contributed by atoms with E-state index in [1.54, 1.807) is 6.07 Å². The standard InChI is InChI=1S/C16H22FN3/c1-4-9-18-16(14-11-19-20(3)12(14)2)10-13-7-5-6-8-15(13)17/h5-8,11,16,18H,4,9-10H2,1-3H3. The third kappa shape index (κ3) is 3.25. The van der Waals surface area contributed by atoms with Gasteiger partial charge < -0.3 is 5.32 Å². The number of nitrogens with zero attached hydrogens (tertiary/aromatic N) is 2. The van der Waals surface area contributed by atoms with Crippen molar-refractivity contribution in [3.63, 3.8) is 0 Å². The molecule has 1 N–H and O–H groups in total. The van der Waals surface area contributed by atoms with Crippen molar-refractivity contribution < 1.29 is 4.39 Å². The quantitative estimate of drug-likeness (QED) is 0.877. The van der Waals surface area contributed by atoms with E-state index in [4.69, 9.17) is 0 Å². The Kier molecular flexibility index (Phi) is 4.90. The number of aromatic nitrogens is 2. The topological polar surface area (TPSA) is 29.9 Å². The van der Waals surface area contributed by atoms with Crippen molar-refractivity contribution >= 4 is 0 Å². The molecule has 0 radical (unpaired) electrons. The molecule has 0 amide bonds. The maximum Gasteiger partial charge on any atom is 0.126 e. The summed E-state index contributed by atoms with van der Waals surface area (Å²) in [6.07, 6.45) is 3.57. The highest BCUT2D eigenvalue weighted by molar-refractivity contribution is 5.25. The van der Waals surface area contributed by atoms with Crippen LogP contribution < -0.4 is 5.32 Å². The van der Waals surface area contributed by atoms with Crippen LogP contribution in [0.25, 0.3) is 0 Å². The van der Waals surface area contributed by atoms with Crippen molar-refractivity contribution in [2.45, 2.75) is 32.7 Å². The van der Waals surface area contributed by atoms with Crippen molar-refractivity contribution in [3.05, 3.63) is 53.1 Å². The van der Waals surface area contributed by atoms with Gasteiger partial charge in [0.2, 0.25) is 0 Å². The molecule has 1 unspecified atom stereocenters. The molecule has 0 aliphatic rings. The highest BCUT2D eigenvalue weighted by Gasteiger charge is 2.18. The first-order valence-electron chi connectivity index (χ1n) is 7.08. The van der Waals surface area contributed by atoms with Crippen molar-refractivity contribution in [3.8, 4) is 0 Å². The molecule has 0 saturated heterocycles. The molecule has 0 aliphatic heterocycles. The van der Waals surface area contributed by atoms with Crippen LogP contribution in [0.5, 0.6) is 0 Å². The number of rotatable bonds is 6. The van der Waals surface area contributed by atoms with Crippen molar-refractivity contribution in [1.82, 2.24) is 15.1 Å². The summed E-state index contributed by atoms with van der Waals surface area (Å²) in [6, 6.07) is 7.07. The molecule has 0 saturated carbocycles. The van der Waals surface area contributed by atoms with Crippen molar-refractivity contribution in [2.75, 3.05) is 6.54 Å². The molecule has 0 bridgehead atoms. The van der Waals surface area contributed by atoms with Gasteiger partial charge in [0.25, 0.3) is 0 Å². The van der Waals surface area contributed by atoms with Crippen LogP contribution in [0, 0.1) is 12.7 Å². The number of nitrogens with one attached hydrogen (secondary N) is 1. The molecule has 2 rings (SSSR count). The largest absolute Gasteiger partial charge is 0.310 e. The Morgan fingerprint density at radius 1 is 1.35 bits per heavy atom. The zero-order chi connectivity index (χ0) is 14.5. The van der Waals surface area contributed by atoms with Gasteiger partial charge >= 0.3 is 0 Å². The second-order valence-corrected chi connectivity index (χ2v) is 5.11. The fraction of sp³-hybridized carbons (Fsp3) is 0.438. The average Bonchev–Trinajstić information content (AvgIpc) is 2.77. The smallest absolute Gasteiger partial charge is 0.126 e. The number of benzene rings is 1. The van der Waals surface area contributed by atoms with Crippen molar-refractivity contribution in [2.24, 2.45) is 7.05 Å². The molecule has 20 heavy (non-hydrogen) atoms. The first-order valence-corrected chi connectivity index (χ1v) is 7.08. The lowest BCUT2D eigenvalue weighted by atomic mass is 9.99. The first kappa shape index (κ1) is 14.7. The van der Waals surface area contributed by atoms with Gasteiger partial charge in [-0.2, -0.15) is 5.10 Å². The van der Waals surface area contributed by atoms with Gasteiger partial charge in [-0.3, -0.25) is 4.68 Å². The van der Waals surface area contributed by atoms with Gasteiger partial charge in [-0.25, -0.2) is 4.39 Å². The monoisotopic (exact) mass is 275 g/mol. The number of aryl methyl sites for hydroxylation is 1. The molecule has 2 aromatic rings. The van der Waals surface area contributed by atoms with Gasteiger partial charge in [-0.1, -0.05) is 25.1 Å². The molecule has 108 valence electrons. The van der Waals surface area contributed by atoms with Crippen LogP contribution in [0.2, 0.25) is 0 Å². The molecule has 0 aliphatic carbocycles. The summed E-state index contributed by atoms with van der Waals surface area (Å²) < 4.78 is 15.7. The molecule has 4 heteroatoms. The molecule has 1 atom stereocenters. The van der Waals surface area contributed by atoms with E-state index in [0.717, 1.165) is 29.8 Å². The maximum atomic E-state index is 13.8. The average molecular weight is 275 g/mol. The van der Waals surface area contributed by atoms with E-state index >= 15 is 0 Å². The van der Waals surface area contributed by atoms with Gasteiger partial charge in [0.05, 0.1) is 6.20 Å². The van der Waals surface area contributed by atoms with Crippen LogP contribution in [-0.4, -0.2) is 16.3 Å². The van der Waals surface area contributed by atoms with E-state index in [0.29, 0.717) is 6.42 Å². The minimum absolute atomic E-state index is 0.0977. The molecule has 0 spiro atoms. The molecular formula is C16H22FN3. The third-order valence-corrected chi connectivity index (χ3v) is 3.67. The van der Waals surface area contributed by atoms with E-state index < -0.39 is 0 Å².